The van der Waals surface area contributed by atoms with Gasteiger partial charge in [-0.25, -0.2) is 13.2 Å². The number of esters is 4. The van der Waals surface area contributed by atoms with Gasteiger partial charge in [-0.15, -0.1) is 0 Å². The molecule has 60 heavy (non-hydrogen) atoms. The number of carbonyl (C=O) groups is 6. The van der Waals surface area contributed by atoms with Crippen LogP contribution >= 0.6 is 0 Å². The van der Waals surface area contributed by atoms with Gasteiger partial charge in [0.2, 0.25) is 11.8 Å². The highest BCUT2D eigenvalue weighted by atomic mass is 32.2. The fourth-order valence-corrected chi connectivity index (χ4v) is 7.58. The number of hydrogen-bond acceptors (Lipinski definition) is 17. The van der Waals surface area contributed by atoms with Crippen LogP contribution in [0.25, 0.3) is 0 Å². The maximum absolute atomic E-state index is 13.5. The van der Waals surface area contributed by atoms with E-state index in [4.69, 9.17) is 42.6 Å². The number of nitrogens with one attached hydrogen (secondary N) is 2. The summed E-state index contributed by atoms with van der Waals surface area (Å²) in [6.07, 6.45) is -10.6. The van der Waals surface area contributed by atoms with E-state index in [0.29, 0.717) is 0 Å². The molecule has 2 fully saturated rings. The number of amides is 2. The average molecular weight is 865 g/mol. The molecule has 20 heteroatoms. The Labute approximate surface area is 347 Å². The lowest BCUT2D eigenvalue weighted by Gasteiger charge is -2.49. The molecule has 2 aliphatic rings. The summed E-state index contributed by atoms with van der Waals surface area (Å²) < 4.78 is 78.8. The number of carbonyl (C=O) groups excluding carboxylic acids is 6. The van der Waals surface area contributed by atoms with Gasteiger partial charge in [0.05, 0.1) is 23.3 Å². The first-order valence-corrected chi connectivity index (χ1v) is 20.8. The van der Waals surface area contributed by atoms with Crippen molar-refractivity contribution in [3.8, 4) is 0 Å². The molecule has 0 bridgehead atoms. The Morgan fingerprint density at radius 1 is 0.733 bits per heavy atom. The number of benzene rings is 2. The standard InChI is InChI=1S/C40H52N2O17S/c1-23(38(48)51-17-18-60(49,50)30-15-11-8-12-16-30)55-37-35(42-25(3)44)40(54-20-29-13-9-7-10-14-29)58-34(22-53-27(5)46)36(37)59-39-31(41-24(2)43)19-32(56-28(6)47)33(57-39)21-52-26(4)45/h7-16,23,31-37,39-40H,17-22H2,1-6H3,(H,41,43)(H,42,44)/t23-,31+,32-,33-,34-,35-,36-,37-,39+,40+/m1/s1. The lowest BCUT2D eigenvalue weighted by atomic mass is 9.94. The zero-order valence-electron chi connectivity index (χ0n) is 34.1. The smallest absolute Gasteiger partial charge is 0.335 e. The first-order valence-electron chi connectivity index (χ1n) is 19.1. The maximum Gasteiger partial charge on any atom is 0.335 e. The van der Waals surface area contributed by atoms with E-state index in [1.807, 2.05) is 6.07 Å². The van der Waals surface area contributed by atoms with Gasteiger partial charge in [-0.2, -0.15) is 0 Å². The Morgan fingerprint density at radius 3 is 1.90 bits per heavy atom. The van der Waals surface area contributed by atoms with Crippen molar-refractivity contribution in [2.75, 3.05) is 25.6 Å². The molecule has 0 unspecified atom stereocenters. The number of hydrogen-bond donors (Lipinski definition) is 2. The van der Waals surface area contributed by atoms with Gasteiger partial charge >= 0.3 is 23.9 Å². The van der Waals surface area contributed by atoms with Gasteiger partial charge in [0.15, 0.2) is 28.5 Å². The van der Waals surface area contributed by atoms with Crippen LogP contribution in [0.1, 0.15) is 53.5 Å². The van der Waals surface area contributed by atoms with Crippen molar-refractivity contribution in [3.05, 3.63) is 66.2 Å². The number of sulfone groups is 1. The highest BCUT2D eigenvalue weighted by molar-refractivity contribution is 7.91. The van der Waals surface area contributed by atoms with Crippen LogP contribution in [-0.2, 0) is 87.8 Å². The third kappa shape index (κ3) is 14.6. The summed E-state index contributed by atoms with van der Waals surface area (Å²) in [5, 5.41) is 5.47. The highest BCUT2D eigenvalue weighted by Crippen LogP contribution is 2.33. The molecule has 2 amide bonds. The molecule has 10 atom stereocenters. The molecule has 19 nitrogen and oxygen atoms in total. The van der Waals surface area contributed by atoms with Crippen LogP contribution in [0, 0.1) is 0 Å². The van der Waals surface area contributed by atoms with Gasteiger partial charge in [0.25, 0.3) is 0 Å². The van der Waals surface area contributed by atoms with E-state index in [-0.39, 0.29) is 24.5 Å². The third-order valence-corrected chi connectivity index (χ3v) is 10.8. The molecule has 2 heterocycles. The van der Waals surface area contributed by atoms with Crippen LogP contribution in [-0.4, -0.2) is 131 Å². The SMILES string of the molecule is CC(=O)N[C@H]1[C@@H](OCc2ccccc2)O[C@H](COC(C)=O)[C@@H](O[C@@H]2O[C@H](COC(C)=O)[C@H](OC(C)=O)C[C@@H]2NC(C)=O)[C@@H]1O[C@H](C)C(=O)OCCS(=O)(=O)c1ccccc1. The first kappa shape index (κ1) is 47.7. The second-order valence-electron chi connectivity index (χ2n) is 14.0. The van der Waals surface area contributed by atoms with Gasteiger partial charge in [-0.3, -0.25) is 24.0 Å². The second-order valence-corrected chi connectivity index (χ2v) is 16.2. The van der Waals surface area contributed by atoms with Crippen LogP contribution in [0.15, 0.2) is 65.6 Å². The summed E-state index contributed by atoms with van der Waals surface area (Å²) in [6.45, 7) is 5.90. The van der Waals surface area contributed by atoms with E-state index >= 15 is 0 Å². The van der Waals surface area contributed by atoms with E-state index in [0.717, 1.165) is 12.5 Å². The predicted molar refractivity (Wildman–Crippen MR) is 206 cm³/mol. The predicted octanol–water partition coefficient (Wildman–Crippen LogP) is 1.29. The van der Waals surface area contributed by atoms with E-state index in [9.17, 15) is 37.2 Å². The summed E-state index contributed by atoms with van der Waals surface area (Å²) in [5.74, 6) is -4.61. The van der Waals surface area contributed by atoms with Crippen LogP contribution in [0.4, 0.5) is 0 Å². The zero-order valence-corrected chi connectivity index (χ0v) is 35.0. The fraction of sp³-hybridized carbons (Fsp3) is 0.550. The second kappa shape index (κ2) is 22.6. The van der Waals surface area contributed by atoms with Gasteiger partial charge < -0.3 is 53.3 Å². The summed E-state index contributed by atoms with van der Waals surface area (Å²) in [6, 6.07) is 14.3. The number of ether oxygens (including phenoxy) is 9. The largest absolute Gasteiger partial charge is 0.463 e. The third-order valence-electron chi connectivity index (χ3n) is 9.10. The molecule has 2 aromatic carbocycles. The minimum absolute atomic E-state index is 0.0285. The minimum atomic E-state index is -3.81. The van der Waals surface area contributed by atoms with Crippen molar-refractivity contribution in [1.82, 2.24) is 10.6 Å². The van der Waals surface area contributed by atoms with Crippen molar-refractivity contribution in [2.45, 2.75) is 121 Å². The Bertz CT molecular complexity index is 1880. The molecule has 2 aliphatic heterocycles. The maximum atomic E-state index is 13.5. The van der Waals surface area contributed by atoms with Gasteiger partial charge in [-0.05, 0) is 24.6 Å². The van der Waals surface area contributed by atoms with Crippen LogP contribution in [0.5, 0.6) is 0 Å². The Balaban J connectivity index is 1.72. The quantitative estimate of drug-likeness (QED) is 0.149. The summed E-state index contributed by atoms with van der Waals surface area (Å²) in [5.41, 5.74) is 0.729. The highest BCUT2D eigenvalue weighted by Gasteiger charge is 2.53. The van der Waals surface area contributed by atoms with Crippen molar-refractivity contribution < 1.29 is 79.8 Å². The summed E-state index contributed by atoms with van der Waals surface area (Å²) in [7, 11) is -3.81. The van der Waals surface area contributed by atoms with E-state index < -0.39 is 126 Å². The molecule has 0 spiro atoms. The lowest BCUT2D eigenvalue weighted by molar-refractivity contribution is -0.332. The fourth-order valence-electron chi connectivity index (χ4n) is 6.47. The molecule has 2 saturated heterocycles. The van der Waals surface area contributed by atoms with Crippen LogP contribution in [0.2, 0.25) is 0 Å². The molecular formula is C40H52N2O17S. The van der Waals surface area contributed by atoms with Gasteiger partial charge in [-0.1, -0.05) is 48.5 Å². The average Bonchev–Trinajstić information content (AvgIpc) is 3.18. The van der Waals surface area contributed by atoms with Crippen molar-refractivity contribution >= 4 is 45.5 Å². The molecule has 0 aliphatic carbocycles. The summed E-state index contributed by atoms with van der Waals surface area (Å²) >= 11 is 0. The molecule has 2 N–H and O–H groups in total. The molecule has 2 aromatic rings. The Kier molecular flexibility index (Phi) is 17.9. The first-order chi connectivity index (χ1) is 28.4. The molecule has 4 rings (SSSR count). The normalized spacial score (nSPS) is 25.8. The van der Waals surface area contributed by atoms with Crippen molar-refractivity contribution in [1.29, 1.82) is 0 Å². The topological polar surface area (TPSA) is 244 Å². The van der Waals surface area contributed by atoms with Crippen LogP contribution < -0.4 is 10.6 Å². The van der Waals surface area contributed by atoms with Gasteiger partial charge in [0.1, 0.15) is 56.4 Å². The van der Waals surface area contributed by atoms with Crippen LogP contribution in [0.3, 0.4) is 0 Å². The van der Waals surface area contributed by atoms with E-state index in [1.54, 1.807) is 42.5 Å². The molecule has 0 radical (unpaired) electrons. The van der Waals surface area contributed by atoms with E-state index in [2.05, 4.69) is 10.6 Å². The molecule has 330 valence electrons. The zero-order chi connectivity index (χ0) is 44.0. The molecule has 0 aromatic heterocycles. The minimum Gasteiger partial charge on any atom is -0.463 e. The monoisotopic (exact) mass is 864 g/mol. The van der Waals surface area contributed by atoms with E-state index in [1.165, 1.54) is 46.8 Å². The Morgan fingerprint density at radius 2 is 1.32 bits per heavy atom. The lowest BCUT2D eigenvalue weighted by Crippen LogP contribution is -2.68. The molecule has 0 saturated carbocycles. The van der Waals surface area contributed by atoms with Crippen molar-refractivity contribution in [3.63, 3.8) is 0 Å². The van der Waals surface area contributed by atoms with Gasteiger partial charge in [0, 0.05) is 41.0 Å². The number of rotatable bonds is 19. The summed E-state index contributed by atoms with van der Waals surface area (Å²) in [4.78, 5) is 74.9. The molecular weight excluding hydrogens is 813 g/mol. The Hall–Kier alpha value is -4.99. The van der Waals surface area contributed by atoms with Crippen molar-refractivity contribution in [2.24, 2.45) is 0 Å².